The Hall–Kier alpha value is -2.14. The normalized spacial score (nSPS) is 10.3. The zero-order valence-corrected chi connectivity index (χ0v) is 10.3. The van der Waals surface area contributed by atoms with E-state index in [9.17, 15) is 13.6 Å². The quantitative estimate of drug-likeness (QED) is 0.829. The van der Waals surface area contributed by atoms with Crippen molar-refractivity contribution in [3.63, 3.8) is 0 Å². The molecular formula is C13H9ClF2N2O. The molecule has 0 aromatic heterocycles. The van der Waals surface area contributed by atoms with Crippen molar-refractivity contribution < 1.29 is 13.6 Å². The summed E-state index contributed by atoms with van der Waals surface area (Å²) in [4.78, 5) is 11.9. The molecule has 0 saturated heterocycles. The summed E-state index contributed by atoms with van der Waals surface area (Å²) >= 11 is 5.80. The van der Waals surface area contributed by atoms with Gasteiger partial charge in [0.25, 0.3) is 5.91 Å². The van der Waals surface area contributed by atoms with Crippen molar-refractivity contribution >= 4 is 28.9 Å². The highest BCUT2D eigenvalue weighted by atomic mass is 35.5. The minimum atomic E-state index is -0.753. The molecule has 6 heteroatoms. The lowest BCUT2D eigenvalue weighted by Gasteiger charge is -2.08. The Morgan fingerprint density at radius 3 is 2.63 bits per heavy atom. The molecule has 19 heavy (non-hydrogen) atoms. The minimum Gasteiger partial charge on any atom is -0.399 e. The Labute approximate surface area is 113 Å². The largest absolute Gasteiger partial charge is 0.399 e. The Morgan fingerprint density at radius 2 is 1.89 bits per heavy atom. The van der Waals surface area contributed by atoms with Gasteiger partial charge in [-0.2, -0.15) is 0 Å². The first-order valence-corrected chi connectivity index (χ1v) is 5.66. The Morgan fingerprint density at radius 1 is 1.16 bits per heavy atom. The van der Waals surface area contributed by atoms with E-state index in [0.29, 0.717) is 0 Å². The number of nitrogens with one attached hydrogen (secondary N) is 1. The van der Waals surface area contributed by atoms with Gasteiger partial charge in [0.15, 0.2) is 0 Å². The van der Waals surface area contributed by atoms with Gasteiger partial charge >= 0.3 is 0 Å². The zero-order chi connectivity index (χ0) is 14.0. The Balaban J connectivity index is 2.30. The second kappa shape index (κ2) is 5.24. The number of carbonyl (C=O) groups excluding carboxylic acids is 1. The molecular weight excluding hydrogens is 274 g/mol. The highest BCUT2D eigenvalue weighted by Gasteiger charge is 2.14. The molecule has 0 aliphatic carbocycles. The van der Waals surface area contributed by atoms with Gasteiger partial charge in [-0.3, -0.25) is 4.79 Å². The maximum absolute atomic E-state index is 13.5. The van der Waals surface area contributed by atoms with E-state index in [1.54, 1.807) is 0 Å². The number of halogens is 3. The van der Waals surface area contributed by atoms with Gasteiger partial charge < -0.3 is 11.1 Å². The van der Waals surface area contributed by atoms with Crippen LogP contribution < -0.4 is 11.1 Å². The fraction of sp³-hybridized carbons (Fsp3) is 0. The average Bonchev–Trinajstić information content (AvgIpc) is 2.36. The summed E-state index contributed by atoms with van der Waals surface area (Å²) in [5.74, 6) is -2.04. The van der Waals surface area contributed by atoms with Gasteiger partial charge in [0.2, 0.25) is 0 Å². The molecule has 0 atom stereocenters. The molecule has 2 rings (SSSR count). The van der Waals surface area contributed by atoms with Crippen LogP contribution in [0.1, 0.15) is 10.4 Å². The molecule has 0 radical (unpaired) electrons. The van der Waals surface area contributed by atoms with Crippen LogP contribution in [0.15, 0.2) is 36.4 Å². The number of nitrogens with two attached hydrogens (primary N) is 1. The predicted molar refractivity (Wildman–Crippen MR) is 70.2 cm³/mol. The van der Waals surface area contributed by atoms with Crippen LogP contribution in [-0.2, 0) is 0 Å². The molecule has 0 fully saturated rings. The third kappa shape index (κ3) is 3.00. The third-order valence-electron chi connectivity index (χ3n) is 2.41. The summed E-state index contributed by atoms with van der Waals surface area (Å²) in [6.45, 7) is 0. The first-order chi connectivity index (χ1) is 8.97. The molecule has 0 unspecified atom stereocenters. The lowest BCUT2D eigenvalue weighted by molar-refractivity contribution is 0.102. The van der Waals surface area contributed by atoms with Gasteiger partial charge in [-0.05, 0) is 36.4 Å². The predicted octanol–water partition coefficient (Wildman–Crippen LogP) is 3.45. The number of hydrogen-bond acceptors (Lipinski definition) is 2. The standard InChI is InChI=1S/C13H9ClF2N2O/c14-10-3-1-7(15)5-12(10)18-13(19)9-6-8(17)2-4-11(9)16/h1-6H,17H2,(H,18,19). The number of rotatable bonds is 2. The maximum Gasteiger partial charge on any atom is 0.258 e. The van der Waals surface area contributed by atoms with E-state index < -0.39 is 17.5 Å². The number of hydrogen-bond donors (Lipinski definition) is 2. The minimum absolute atomic E-state index is 0.0634. The molecule has 0 saturated carbocycles. The van der Waals surface area contributed by atoms with Crippen LogP contribution in [0.2, 0.25) is 5.02 Å². The van der Waals surface area contributed by atoms with Crippen molar-refractivity contribution in [3.8, 4) is 0 Å². The van der Waals surface area contributed by atoms with Crippen LogP contribution in [0.5, 0.6) is 0 Å². The molecule has 0 aliphatic heterocycles. The van der Waals surface area contributed by atoms with Crippen molar-refractivity contribution in [3.05, 3.63) is 58.6 Å². The van der Waals surface area contributed by atoms with E-state index in [2.05, 4.69) is 5.32 Å². The molecule has 0 bridgehead atoms. The van der Waals surface area contributed by atoms with Crippen molar-refractivity contribution in [2.45, 2.75) is 0 Å². The van der Waals surface area contributed by atoms with Gasteiger partial charge in [-0.25, -0.2) is 8.78 Å². The molecule has 3 nitrogen and oxygen atoms in total. The first-order valence-electron chi connectivity index (χ1n) is 5.29. The van der Waals surface area contributed by atoms with Crippen LogP contribution in [0.3, 0.4) is 0 Å². The van der Waals surface area contributed by atoms with Gasteiger partial charge in [-0.1, -0.05) is 11.6 Å². The van der Waals surface area contributed by atoms with Gasteiger partial charge in [0.1, 0.15) is 11.6 Å². The smallest absolute Gasteiger partial charge is 0.258 e. The summed E-state index contributed by atoms with van der Waals surface area (Å²) in [5, 5.41) is 2.48. The number of benzene rings is 2. The molecule has 0 heterocycles. The SMILES string of the molecule is Nc1ccc(F)c(C(=O)Nc2cc(F)ccc2Cl)c1. The van der Waals surface area contributed by atoms with E-state index in [1.165, 1.54) is 18.2 Å². The van der Waals surface area contributed by atoms with E-state index in [-0.39, 0.29) is 22.0 Å². The van der Waals surface area contributed by atoms with Crippen LogP contribution in [-0.4, -0.2) is 5.91 Å². The lowest BCUT2D eigenvalue weighted by atomic mass is 10.1. The second-order valence-corrected chi connectivity index (χ2v) is 4.22. The third-order valence-corrected chi connectivity index (χ3v) is 2.74. The van der Waals surface area contributed by atoms with E-state index in [4.69, 9.17) is 17.3 Å². The lowest BCUT2D eigenvalue weighted by Crippen LogP contribution is -2.14. The van der Waals surface area contributed by atoms with Crippen LogP contribution in [0.25, 0.3) is 0 Å². The molecule has 1 amide bonds. The summed E-state index contributed by atoms with van der Waals surface area (Å²) in [6.07, 6.45) is 0. The molecule has 0 spiro atoms. The summed E-state index contributed by atoms with van der Waals surface area (Å²) in [5.41, 5.74) is 5.55. The van der Waals surface area contributed by atoms with E-state index in [1.807, 2.05) is 0 Å². The van der Waals surface area contributed by atoms with Crippen LogP contribution in [0, 0.1) is 11.6 Å². The van der Waals surface area contributed by atoms with Gasteiger partial charge in [0.05, 0.1) is 16.3 Å². The van der Waals surface area contributed by atoms with Crippen LogP contribution in [0.4, 0.5) is 20.2 Å². The fourth-order valence-electron chi connectivity index (χ4n) is 1.50. The summed E-state index contributed by atoms with van der Waals surface area (Å²) in [6, 6.07) is 7.10. The summed E-state index contributed by atoms with van der Waals surface area (Å²) < 4.78 is 26.5. The van der Waals surface area contributed by atoms with Gasteiger partial charge in [0, 0.05) is 5.69 Å². The topological polar surface area (TPSA) is 55.1 Å². The Bertz CT molecular complexity index is 647. The highest BCUT2D eigenvalue weighted by molar-refractivity contribution is 6.33. The summed E-state index contributed by atoms with van der Waals surface area (Å²) in [7, 11) is 0. The van der Waals surface area contributed by atoms with Gasteiger partial charge in [-0.15, -0.1) is 0 Å². The highest BCUT2D eigenvalue weighted by Crippen LogP contribution is 2.23. The van der Waals surface area contributed by atoms with E-state index in [0.717, 1.165) is 18.2 Å². The molecule has 0 aliphatic rings. The average molecular weight is 283 g/mol. The fourth-order valence-corrected chi connectivity index (χ4v) is 1.66. The number of carbonyl (C=O) groups is 1. The number of amides is 1. The van der Waals surface area contributed by atoms with Crippen molar-refractivity contribution in [1.29, 1.82) is 0 Å². The van der Waals surface area contributed by atoms with Crippen molar-refractivity contribution in [2.75, 3.05) is 11.1 Å². The Kier molecular flexibility index (Phi) is 3.66. The first kappa shape index (κ1) is 13.3. The second-order valence-electron chi connectivity index (χ2n) is 3.82. The number of nitrogen functional groups attached to an aromatic ring is 1. The number of anilines is 2. The molecule has 2 aromatic rings. The van der Waals surface area contributed by atoms with Crippen molar-refractivity contribution in [2.24, 2.45) is 0 Å². The zero-order valence-electron chi connectivity index (χ0n) is 9.58. The van der Waals surface area contributed by atoms with Crippen LogP contribution >= 0.6 is 11.6 Å². The van der Waals surface area contributed by atoms with E-state index >= 15 is 0 Å². The van der Waals surface area contributed by atoms with Crippen molar-refractivity contribution in [1.82, 2.24) is 0 Å². The molecule has 3 N–H and O–H groups in total. The monoisotopic (exact) mass is 282 g/mol. The molecule has 98 valence electrons. The maximum atomic E-state index is 13.5. The molecule has 2 aromatic carbocycles.